The Kier molecular flexibility index (Phi) is 2.42. The van der Waals surface area contributed by atoms with E-state index in [0.717, 1.165) is 0 Å². The van der Waals surface area contributed by atoms with Gasteiger partial charge in [-0.25, -0.2) is 0 Å². The Labute approximate surface area is 87.0 Å². The second-order valence-corrected chi connectivity index (χ2v) is 8.60. The molecule has 0 nitrogen and oxygen atoms in total. The van der Waals surface area contributed by atoms with Gasteiger partial charge in [-0.05, 0) is 13.0 Å². The molecule has 0 aliphatic carbocycles. The van der Waals surface area contributed by atoms with Crippen molar-refractivity contribution in [3.8, 4) is 0 Å². The quantitative estimate of drug-likeness (QED) is 0.642. The smallest absolute Gasteiger partial charge is 0.0901 e. The lowest BCUT2D eigenvalue weighted by Gasteiger charge is -2.21. The summed E-state index contributed by atoms with van der Waals surface area (Å²) >= 11 is 0. The van der Waals surface area contributed by atoms with Gasteiger partial charge in [-0.3, -0.25) is 0 Å². The minimum atomic E-state index is -1.25. The molecule has 0 radical (unpaired) electrons. The SMILES string of the molecule is CC1=CC=C[Si]1(C)Cc1ccccc1. The molecule has 72 valence electrons. The van der Waals surface area contributed by atoms with Gasteiger partial charge in [-0.15, -0.1) is 0 Å². The summed E-state index contributed by atoms with van der Waals surface area (Å²) < 4.78 is 0. The summed E-state index contributed by atoms with van der Waals surface area (Å²) in [5, 5.41) is 1.60. The van der Waals surface area contributed by atoms with Gasteiger partial charge in [0.1, 0.15) is 8.07 Å². The number of benzene rings is 1. The lowest BCUT2D eigenvalue weighted by Crippen LogP contribution is -2.31. The zero-order valence-corrected chi connectivity index (χ0v) is 9.83. The van der Waals surface area contributed by atoms with Crippen molar-refractivity contribution in [2.75, 3.05) is 0 Å². The van der Waals surface area contributed by atoms with Crippen LogP contribution in [0.5, 0.6) is 0 Å². The Balaban J connectivity index is 2.20. The van der Waals surface area contributed by atoms with Gasteiger partial charge in [-0.1, -0.05) is 65.5 Å². The largest absolute Gasteiger partial charge is 0.106 e. The van der Waals surface area contributed by atoms with Crippen LogP contribution in [0, 0.1) is 0 Å². The van der Waals surface area contributed by atoms with Crippen molar-refractivity contribution in [2.45, 2.75) is 19.5 Å². The Bertz CT molecular complexity index is 375. The van der Waals surface area contributed by atoms with Crippen LogP contribution in [-0.4, -0.2) is 8.07 Å². The van der Waals surface area contributed by atoms with E-state index in [-0.39, 0.29) is 0 Å². The van der Waals surface area contributed by atoms with E-state index < -0.39 is 8.07 Å². The molecule has 2 rings (SSSR count). The molecule has 1 aromatic rings. The van der Waals surface area contributed by atoms with Gasteiger partial charge in [0.15, 0.2) is 0 Å². The monoisotopic (exact) mass is 200 g/mol. The fourth-order valence-electron chi connectivity index (χ4n) is 1.94. The molecule has 1 aromatic carbocycles. The molecule has 1 atom stereocenters. The third-order valence-electron chi connectivity index (χ3n) is 3.13. The molecule has 0 N–H and O–H groups in total. The van der Waals surface area contributed by atoms with Gasteiger partial charge < -0.3 is 0 Å². The molecular formula is C13H16Si. The summed E-state index contributed by atoms with van der Waals surface area (Å²) in [6.45, 7) is 4.71. The molecule has 0 aromatic heterocycles. The Hall–Kier alpha value is -1.08. The molecule has 0 bridgehead atoms. The molecule has 0 saturated carbocycles. The highest BCUT2D eigenvalue weighted by atomic mass is 28.3. The Morgan fingerprint density at radius 3 is 2.43 bits per heavy atom. The van der Waals surface area contributed by atoms with Crippen molar-refractivity contribution >= 4 is 8.07 Å². The van der Waals surface area contributed by atoms with Crippen LogP contribution in [0.4, 0.5) is 0 Å². The lowest BCUT2D eigenvalue weighted by atomic mass is 10.2. The molecule has 0 amide bonds. The number of rotatable bonds is 2. The predicted molar refractivity (Wildman–Crippen MR) is 64.7 cm³/mol. The van der Waals surface area contributed by atoms with E-state index in [2.05, 4.69) is 61.7 Å². The van der Waals surface area contributed by atoms with Crippen molar-refractivity contribution in [1.29, 1.82) is 0 Å². The van der Waals surface area contributed by atoms with Crippen molar-refractivity contribution < 1.29 is 0 Å². The maximum Gasteiger partial charge on any atom is 0.106 e. The van der Waals surface area contributed by atoms with E-state index in [1.165, 1.54) is 11.6 Å². The van der Waals surface area contributed by atoms with E-state index in [1.807, 2.05) is 0 Å². The van der Waals surface area contributed by atoms with Crippen molar-refractivity contribution in [3.63, 3.8) is 0 Å². The van der Waals surface area contributed by atoms with E-state index in [0.29, 0.717) is 0 Å². The van der Waals surface area contributed by atoms with Crippen molar-refractivity contribution in [2.24, 2.45) is 0 Å². The van der Waals surface area contributed by atoms with Gasteiger partial charge in [0, 0.05) is 0 Å². The standard InChI is InChI=1S/C13H16Si/c1-12-7-6-10-14(12,2)11-13-8-4-3-5-9-13/h3-10H,11H2,1-2H3. The van der Waals surface area contributed by atoms with Crippen LogP contribution in [0.15, 0.2) is 53.4 Å². The van der Waals surface area contributed by atoms with E-state index in [1.54, 1.807) is 5.20 Å². The topological polar surface area (TPSA) is 0 Å². The maximum absolute atomic E-state index is 2.44. The van der Waals surface area contributed by atoms with Crippen LogP contribution in [0.3, 0.4) is 0 Å². The van der Waals surface area contributed by atoms with E-state index in [4.69, 9.17) is 0 Å². The highest BCUT2D eigenvalue weighted by Crippen LogP contribution is 2.25. The first-order valence-electron chi connectivity index (χ1n) is 5.11. The van der Waals surface area contributed by atoms with Crippen LogP contribution in [0.1, 0.15) is 12.5 Å². The van der Waals surface area contributed by atoms with E-state index >= 15 is 0 Å². The molecule has 0 spiro atoms. The highest BCUT2D eigenvalue weighted by molar-refractivity contribution is 6.90. The van der Waals surface area contributed by atoms with Crippen molar-refractivity contribution in [1.82, 2.24) is 0 Å². The number of hydrogen-bond acceptors (Lipinski definition) is 0. The first-order valence-corrected chi connectivity index (χ1v) is 7.90. The molecule has 0 saturated heterocycles. The first kappa shape index (κ1) is 9.47. The van der Waals surface area contributed by atoms with Crippen LogP contribution in [0.2, 0.25) is 6.55 Å². The Morgan fingerprint density at radius 1 is 1.14 bits per heavy atom. The summed E-state index contributed by atoms with van der Waals surface area (Å²) in [7, 11) is -1.25. The first-order chi connectivity index (χ1) is 6.71. The molecule has 1 heterocycles. The average molecular weight is 200 g/mol. The molecule has 1 heteroatoms. The molecule has 1 aliphatic heterocycles. The average Bonchev–Trinajstić information content (AvgIpc) is 2.48. The molecule has 1 aliphatic rings. The second kappa shape index (κ2) is 3.58. The molecular weight excluding hydrogens is 184 g/mol. The summed E-state index contributed by atoms with van der Waals surface area (Å²) in [5.41, 5.74) is 3.91. The van der Waals surface area contributed by atoms with E-state index in [9.17, 15) is 0 Å². The fraction of sp³-hybridized carbons (Fsp3) is 0.231. The van der Waals surface area contributed by atoms with Crippen LogP contribution >= 0.6 is 0 Å². The van der Waals surface area contributed by atoms with Gasteiger partial charge >= 0.3 is 0 Å². The zero-order chi connectivity index (χ0) is 10.0. The highest BCUT2D eigenvalue weighted by Gasteiger charge is 2.28. The van der Waals surface area contributed by atoms with Gasteiger partial charge in [-0.2, -0.15) is 0 Å². The Morgan fingerprint density at radius 2 is 1.86 bits per heavy atom. The third kappa shape index (κ3) is 1.73. The number of hydrogen-bond donors (Lipinski definition) is 0. The molecule has 1 unspecified atom stereocenters. The zero-order valence-electron chi connectivity index (χ0n) is 8.83. The molecule has 0 fully saturated rings. The van der Waals surface area contributed by atoms with Crippen LogP contribution in [0.25, 0.3) is 0 Å². The van der Waals surface area contributed by atoms with Gasteiger partial charge in [0.05, 0.1) is 0 Å². The maximum atomic E-state index is 2.44. The fourth-order valence-corrected chi connectivity index (χ4v) is 4.69. The lowest BCUT2D eigenvalue weighted by molar-refractivity contribution is 1.32. The minimum absolute atomic E-state index is 1.24. The summed E-state index contributed by atoms with van der Waals surface area (Å²) in [6, 6.07) is 12.1. The predicted octanol–water partition coefficient (Wildman–Crippen LogP) is 3.44. The van der Waals surface area contributed by atoms with Gasteiger partial charge in [0.2, 0.25) is 0 Å². The number of allylic oxidation sites excluding steroid dienone is 3. The normalized spacial score (nSPS) is 25.1. The summed E-state index contributed by atoms with van der Waals surface area (Å²) in [4.78, 5) is 0. The molecule has 14 heavy (non-hydrogen) atoms. The van der Waals surface area contributed by atoms with Crippen molar-refractivity contribution in [3.05, 3.63) is 58.9 Å². The second-order valence-electron chi connectivity index (χ2n) is 4.29. The van der Waals surface area contributed by atoms with Crippen LogP contribution < -0.4 is 0 Å². The minimum Gasteiger partial charge on any atom is -0.0901 e. The van der Waals surface area contributed by atoms with Crippen LogP contribution in [-0.2, 0) is 6.04 Å². The summed E-state index contributed by atoms with van der Waals surface area (Å²) in [5.74, 6) is 0. The third-order valence-corrected chi connectivity index (χ3v) is 7.16. The summed E-state index contributed by atoms with van der Waals surface area (Å²) in [6.07, 6.45) is 4.50. The van der Waals surface area contributed by atoms with Gasteiger partial charge in [0.25, 0.3) is 0 Å².